The standard InChI is InChI=1S/C14H16ClF3N4S/c1-10(9-23-14(16,17)18)7-21(2)12-8-22(20-13(12)15)11-4-3-5-19-6-11/h3-6,8,10H,7,9H2,1-2H3. The summed E-state index contributed by atoms with van der Waals surface area (Å²) in [5.41, 5.74) is -2.77. The first-order valence-corrected chi connectivity index (χ1v) is 8.20. The van der Waals surface area contributed by atoms with E-state index < -0.39 is 5.51 Å². The van der Waals surface area contributed by atoms with E-state index in [9.17, 15) is 13.2 Å². The molecule has 2 heterocycles. The van der Waals surface area contributed by atoms with E-state index in [4.69, 9.17) is 11.6 Å². The first kappa shape index (κ1) is 17.9. The molecular weight excluding hydrogens is 349 g/mol. The maximum atomic E-state index is 12.2. The Morgan fingerprint density at radius 1 is 1.43 bits per heavy atom. The number of hydrogen-bond acceptors (Lipinski definition) is 4. The van der Waals surface area contributed by atoms with Crippen LogP contribution in [0.25, 0.3) is 5.69 Å². The van der Waals surface area contributed by atoms with Crippen LogP contribution in [-0.2, 0) is 0 Å². The van der Waals surface area contributed by atoms with Gasteiger partial charge in [-0.05, 0) is 18.1 Å². The summed E-state index contributed by atoms with van der Waals surface area (Å²) in [6.07, 6.45) is 5.04. The van der Waals surface area contributed by atoms with Crippen molar-refractivity contribution < 1.29 is 13.2 Å². The lowest BCUT2D eigenvalue weighted by Crippen LogP contribution is -2.25. The van der Waals surface area contributed by atoms with E-state index in [1.165, 1.54) is 0 Å². The van der Waals surface area contributed by atoms with Crippen molar-refractivity contribution in [3.05, 3.63) is 35.9 Å². The molecule has 1 unspecified atom stereocenters. The van der Waals surface area contributed by atoms with E-state index in [1.54, 1.807) is 43.3 Å². The van der Waals surface area contributed by atoms with Crippen LogP contribution in [0.1, 0.15) is 6.92 Å². The highest BCUT2D eigenvalue weighted by Crippen LogP contribution is 2.32. The summed E-state index contributed by atoms with van der Waals surface area (Å²) in [5, 5.41) is 4.51. The fourth-order valence-electron chi connectivity index (χ4n) is 2.08. The molecular formula is C14H16ClF3N4S. The van der Waals surface area contributed by atoms with Crippen molar-refractivity contribution >= 4 is 29.1 Å². The van der Waals surface area contributed by atoms with Crippen molar-refractivity contribution in [2.45, 2.75) is 12.4 Å². The molecule has 0 saturated heterocycles. The first-order valence-electron chi connectivity index (χ1n) is 6.83. The summed E-state index contributed by atoms with van der Waals surface area (Å²) < 4.78 is 38.3. The van der Waals surface area contributed by atoms with E-state index in [1.807, 2.05) is 11.0 Å². The summed E-state index contributed by atoms with van der Waals surface area (Å²) >= 11 is 6.14. The molecule has 0 fully saturated rings. The number of alkyl halides is 3. The van der Waals surface area contributed by atoms with Crippen LogP contribution < -0.4 is 4.90 Å². The molecule has 2 aromatic rings. The third kappa shape index (κ3) is 5.31. The molecule has 0 aromatic carbocycles. The monoisotopic (exact) mass is 364 g/mol. The molecule has 0 saturated carbocycles. The molecule has 4 nitrogen and oxygen atoms in total. The summed E-state index contributed by atoms with van der Waals surface area (Å²) in [6, 6.07) is 3.62. The van der Waals surface area contributed by atoms with Crippen molar-refractivity contribution in [1.29, 1.82) is 0 Å². The average molecular weight is 365 g/mol. The zero-order valence-corrected chi connectivity index (χ0v) is 14.2. The smallest absolute Gasteiger partial charge is 0.371 e. The number of hydrogen-bond donors (Lipinski definition) is 0. The van der Waals surface area contributed by atoms with Crippen LogP contribution in [0.15, 0.2) is 30.7 Å². The zero-order chi connectivity index (χ0) is 17.0. The lowest BCUT2D eigenvalue weighted by molar-refractivity contribution is -0.0329. The minimum atomic E-state index is -4.20. The number of pyridine rings is 1. The van der Waals surface area contributed by atoms with Crippen LogP contribution in [0, 0.1) is 5.92 Å². The second kappa shape index (κ2) is 7.44. The van der Waals surface area contributed by atoms with Gasteiger partial charge in [0.15, 0.2) is 5.15 Å². The van der Waals surface area contributed by atoms with E-state index in [2.05, 4.69) is 10.1 Å². The Kier molecular flexibility index (Phi) is 5.80. The van der Waals surface area contributed by atoms with Crippen molar-refractivity contribution in [2.75, 3.05) is 24.2 Å². The Hall–Kier alpha value is -1.41. The lowest BCUT2D eigenvalue weighted by Gasteiger charge is -2.22. The first-order chi connectivity index (χ1) is 10.8. The topological polar surface area (TPSA) is 34.0 Å². The Balaban J connectivity index is 2.02. The van der Waals surface area contributed by atoms with Crippen LogP contribution in [0.5, 0.6) is 0 Å². The van der Waals surface area contributed by atoms with Crippen molar-refractivity contribution in [3.63, 3.8) is 0 Å². The van der Waals surface area contributed by atoms with Gasteiger partial charge in [-0.1, -0.05) is 30.3 Å². The highest BCUT2D eigenvalue weighted by molar-refractivity contribution is 8.00. The van der Waals surface area contributed by atoms with Gasteiger partial charge in [0.05, 0.1) is 23.8 Å². The Bertz CT molecular complexity index is 633. The number of rotatable bonds is 6. The minimum Gasteiger partial charge on any atom is -0.371 e. The summed E-state index contributed by atoms with van der Waals surface area (Å²) in [4.78, 5) is 5.82. The predicted octanol–water partition coefficient (Wildman–Crippen LogP) is 4.25. The van der Waals surface area contributed by atoms with Crippen LogP contribution in [0.3, 0.4) is 0 Å². The van der Waals surface area contributed by atoms with E-state index in [-0.39, 0.29) is 23.4 Å². The minimum absolute atomic E-state index is 0.00218. The zero-order valence-electron chi connectivity index (χ0n) is 12.6. The van der Waals surface area contributed by atoms with Crippen LogP contribution in [0.2, 0.25) is 5.15 Å². The second-order valence-electron chi connectivity index (χ2n) is 5.20. The summed E-state index contributed by atoms with van der Waals surface area (Å²) in [6.45, 7) is 2.22. The number of halogens is 4. The third-order valence-corrected chi connectivity index (χ3v) is 4.42. The van der Waals surface area contributed by atoms with E-state index in [0.29, 0.717) is 17.4 Å². The van der Waals surface area contributed by atoms with Gasteiger partial charge in [0.1, 0.15) is 0 Å². The molecule has 2 aromatic heterocycles. The summed E-state index contributed by atoms with van der Waals surface area (Å²) in [7, 11) is 1.78. The number of nitrogens with zero attached hydrogens (tertiary/aromatic N) is 4. The van der Waals surface area contributed by atoms with Gasteiger partial charge in [0, 0.05) is 25.5 Å². The molecule has 0 aliphatic heterocycles. The van der Waals surface area contributed by atoms with Crippen LogP contribution >= 0.6 is 23.4 Å². The van der Waals surface area contributed by atoms with Gasteiger partial charge in [-0.25, -0.2) is 4.68 Å². The van der Waals surface area contributed by atoms with Crippen LogP contribution in [0.4, 0.5) is 18.9 Å². The van der Waals surface area contributed by atoms with Crippen molar-refractivity contribution in [1.82, 2.24) is 14.8 Å². The second-order valence-corrected chi connectivity index (χ2v) is 6.65. The number of thioether (sulfide) groups is 1. The number of aromatic nitrogens is 3. The van der Waals surface area contributed by atoms with Gasteiger partial charge in [-0.2, -0.15) is 18.3 Å². The SMILES string of the molecule is CC(CSC(F)(F)F)CN(C)c1cn(-c2cccnc2)nc1Cl. The highest BCUT2D eigenvalue weighted by atomic mass is 35.5. The fourth-order valence-corrected chi connectivity index (χ4v) is 2.93. The molecule has 9 heteroatoms. The van der Waals surface area contributed by atoms with Crippen molar-refractivity contribution in [2.24, 2.45) is 5.92 Å². The lowest BCUT2D eigenvalue weighted by atomic mass is 10.2. The fraction of sp³-hybridized carbons (Fsp3) is 0.429. The van der Waals surface area contributed by atoms with Gasteiger partial charge in [-0.15, -0.1) is 0 Å². The quantitative estimate of drug-likeness (QED) is 0.767. The molecule has 0 aliphatic rings. The molecule has 0 spiro atoms. The Morgan fingerprint density at radius 3 is 2.78 bits per heavy atom. The van der Waals surface area contributed by atoms with Crippen molar-refractivity contribution in [3.8, 4) is 5.69 Å². The van der Waals surface area contributed by atoms with E-state index >= 15 is 0 Å². The molecule has 0 N–H and O–H groups in total. The van der Waals surface area contributed by atoms with E-state index in [0.717, 1.165) is 5.69 Å². The molecule has 126 valence electrons. The van der Waals surface area contributed by atoms with Gasteiger partial charge in [0.25, 0.3) is 0 Å². The maximum absolute atomic E-state index is 12.2. The maximum Gasteiger partial charge on any atom is 0.441 e. The molecule has 1 atom stereocenters. The average Bonchev–Trinajstić information content (AvgIpc) is 2.87. The molecule has 0 bridgehead atoms. The summed E-state index contributed by atoms with van der Waals surface area (Å²) in [5.74, 6) is -0.146. The molecule has 23 heavy (non-hydrogen) atoms. The Morgan fingerprint density at radius 2 is 2.17 bits per heavy atom. The largest absolute Gasteiger partial charge is 0.441 e. The molecule has 0 aliphatic carbocycles. The van der Waals surface area contributed by atoms with Gasteiger partial charge in [-0.3, -0.25) is 4.98 Å². The number of anilines is 1. The Labute approximate surface area is 141 Å². The normalized spacial score (nSPS) is 13.1. The molecule has 2 rings (SSSR count). The van der Waals surface area contributed by atoms with Gasteiger partial charge < -0.3 is 4.90 Å². The predicted molar refractivity (Wildman–Crippen MR) is 87.3 cm³/mol. The third-order valence-electron chi connectivity index (χ3n) is 3.09. The van der Waals surface area contributed by atoms with Gasteiger partial charge >= 0.3 is 5.51 Å². The molecule has 0 radical (unpaired) electrons. The van der Waals surface area contributed by atoms with Crippen LogP contribution in [-0.4, -0.2) is 39.6 Å². The molecule has 0 amide bonds. The van der Waals surface area contributed by atoms with Gasteiger partial charge in [0.2, 0.25) is 0 Å². The highest BCUT2D eigenvalue weighted by Gasteiger charge is 2.29.